The summed E-state index contributed by atoms with van der Waals surface area (Å²) >= 11 is 0. The summed E-state index contributed by atoms with van der Waals surface area (Å²) in [6, 6.07) is 68.4. The summed E-state index contributed by atoms with van der Waals surface area (Å²) in [5.74, 6) is 0.631. The lowest BCUT2D eigenvalue weighted by atomic mass is 9.82. The SMILES string of the molecule is C=Cc1c(/C=C\C)n(-c2ccc3c4ccccc4n(-c4nc(-c5ccc6ccccc6c5)c5ccccc5n4)c3c2)c2ccc3c(c4ccccc4n3-c3ccc4c(c3)-c3ccccc3C4(C)C)c12. The number of allylic oxidation sites excluding steroid dienone is 1. The second kappa shape index (κ2) is 14.6. The molecule has 13 aromatic rings. The minimum absolute atomic E-state index is 0.0664. The van der Waals surface area contributed by atoms with Gasteiger partial charge in [-0.3, -0.25) is 4.57 Å². The molecule has 5 nitrogen and oxygen atoms in total. The van der Waals surface area contributed by atoms with E-state index in [1.54, 1.807) is 0 Å². The van der Waals surface area contributed by atoms with Crippen LogP contribution in [0.5, 0.6) is 0 Å². The first kappa shape index (κ1) is 39.4. The number of benzene rings is 9. The molecule has 4 aromatic heterocycles. The van der Waals surface area contributed by atoms with E-state index in [9.17, 15) is 0 Å². The number of para-hydroxylation sites is 3. The van der Waals surface area contributed by atoms with Crippen molar-refractivity contribution in [3.8, 4) is 39.7 Å². The molecule has 5 heteroatoms. The molecule has 0 saturated carbocycles. The number of hydrogen-bond acceptors (Lipinski definition) is 2. The third-order valence-corrected chi connectivity index (χ3v) is 14.9. The van der Waals surface area contributed by atoms with Crippen molar-refractivity contribution in [2.24, 2.45) is 0 Å². The molecule has 0 radical (unpaired) electrons. The molecule has 14 rings (SSSR count). The first-order valence-electron chi connectivity index (χ1n) is 23.8. The van der Waals surface area contributed by atoms with Gasteiger partial charge >= 0.3 is 0 Å². The lowest BCUT2D eigenvalue weighted by molar-refractivity contribution is 0.660. The van der Waals surface area contributed by atoms with Crippen molar-refractivity contribution in [3.63, 3.8) is 0 Å². The van der Waals surface area contributed by atoms with Crippen molar-refractivity contribution >= 4 is 88.3 Å². The van der Waals surface area contributed by atoms with Crippen LogP contribution in [0.3, 0.4) is 0 Å². The second-order valence-electron chi connectivity index (χ2n) is 19.0. The zero-order valence-electron chi connectivity index (χ0n) is 38.6. The molecule has 0 atom stereocenters. The van der Waals surface area contributed by atoms with Crippen LogP contribution in [0.15, 0.2) is 201 Å². The van der Waals surface area contributed by atoms with Gasteiger partial charge in [0.25, 0.3) is 0 Å². The molecule has 0 amide bonds. The van der Waals surface area contributed by atoms with Crippen LogP contribution in [-0.4, -0.2) is 23.7 Å². The Morgan fingerprint density at radius 3 is 1.96 bits per heavy atom. The Bertz CT molecular complexity index is 4380. The lowest BCUT2D eigenvalue weighted by Gasteiger charge is -2.21. The van der Waals surface area contributed by atoms with Crippen molar-refractivity contribution in [2.75, 3.05) is 0 Å². The van der Waals surface area contributed by atoms with E-state index in [1.165, 1.54) is 54.7 Å². The summed E-state index contributed by atoms with van der Waals surface area (Å²) in [7, 11) is 0. The maximum Gasteiger partial charge on any atom is 0.235 e. The van der Waals surface area contributed by atoms with Crippen LogP contribution in [0.25, 0.3) is 128 Å². The maximum absolute atomic E-state index is 5.48. The third-order valence-electron chi connectivity index (χ3n) is 14.9. The number of nitrogens with zero attached hydrogens (tertiary/aromatic N) is 5. The molecular formula is C64H45N5. The quantitative estimate of drug-likeness (QED) is 0.167. The summed E-state index contributed by atoms with van der Waals surface area (Å²) in [4.78, 5) is 10.8. The fourth-order valence-corrected chi connectivity index (χ4v) is 11.9. The van der Waals surface area contributed by atoms with Crippen LogP contribution >= 0.6 is 0 Å². The highest BCUT2D eigenvalue weighted by molar-refractivity contribution is 6.24. The van der Waals surface area contributed by atoms with E-state index >= 15 is 0 Å². The number of hydrogen-bond donors (Lipinski definition) is 0. The Morgan fingerprint density at radius 2 is 1.13 bits per heavy atom. The average molecular weight is 884 g/mol. The van der Waals surface area contributed by atoms with E-state index in [2.05, 4.69) is 241 Å². The summed E-state index contributed by atoms with van der Waals surface area (Å²) in [5, 5.41) is 9.27. The van der Waals surface area contributed by atoms with Crippen LogP contribution in [0.4, 0.5) is 0 Å². The minimum Gasteiger partial charge on any atom is -0.309 e. The van der Waals surface area contributed by atoms with Gasteiger partial charge in [0.2, 0.25) is 5.95 Å². The van der Waals surface area contributed by atoms with Gasteiger partial charge in [-0.25, -0.2) is 9.97 Å². The Kier molecular flexibility index (Phi) is 8.33. The predicted octanol–water partition coefficient (Wildman–Crippen LogP) is 16.6. The van der Waals surface area contributed by atoms with Gasteiger partial charge in [-0.15, -0.1) is 0 Å². The van der Waals surface area contributed by atoms with Crippen molar-refractivity contribution in [2.45, 2.75) is 26.2 Å². The highest BCUT2D eigenvalue weighted by atomic mass is 15.2. The fraction of sp³-hybridized carbons (Fsp3) is 0.0625. The van der Waals surface area contributed by atoms with Gasteiger partial charge < -0.3 is 9.13 Å². The highest BCUT2D eigenvalue weighted by Crippen LogP contribution is 2.50. The first-order valence-corrected chi connectivity index (χ1v) is 23.8. The Morgan fingerprint density at radius 1 is 0.478 bits per heavy atom. The van der Waals surface area contributed by atoms with Crippen molar-refractivity contribution in [1.82, 2.24) is 23.7 Å². The monoisotopic (exact) mass is 883 g/mol. The Hall–Kier alpha value is -8.80. The van der Waals surface area contributed by atoms with Crippen LogP contribution in [0.1, 0.15) is 43.2 Å². The molecule has 326 valence electrons. The van der Waals surface area contributed by atoms with E-state index < -0.39 is 0 Å². The second-order valence-corrected chi connectivity index (χ2v) is 19.0. The number of rotatable bonds is 6. The predicted molar refractivity (Wildman–Crippen MR) is 290 cm³/mol. The van der Waals surface area contributed by atoms with Gasteiger partial charge in [0.15, 0.2) is 0 Å². The zero-order chi connectivity index (χ0) is 46.1. The van der Waals surface area contributed by atoms with Gasteiger partial charge in [-0.2, -0.15) is 0 Å². The smallest absolute Gasteiger partial charge is 0.235 e. The number of aromatic nitrogens is 5. The first-order chi connectivity index (χ1) is 33.9. The van der Waals surface area contributed by atoms with E-state index in [0.717, 1.165) is 77.6 Å². The minimum atomic E-state index is -0.0664. The van der Waals surface area contributed by atoms with E-state index in [-0.39, 0.29) is 5.41 Å². The third kappa shape index (κ3) is 5.53. The normalized spacial score (nSPS) is 13.3. The van der Waals surface area contributed by atoms with Gasteiger partial charge in [0, 0.05) is 60.2 Å². The van der Waals surface area contributed by atoms with Gasteiger partial charge in [0.05, 0.1) is 44.5 Å². The van der Waals surface area contributed by atoms with Crippen molar-refractivity contribution < 1.29 is 0 Å². The van der Waals surface area contributed by atoms with Crippen LogP contribution < -0.4 is 0 Å². The molecule has 0 spiro atoms. The molecule has 1 aliphatic carbocycles. The standard InChI is InChI=1S/C64H45N5/c1-5-17-54-44(6-2)60-57(34-35-58-61(60)49-23-12-16-27-56(49)67(58)42-31-33-52-50(37-42)45-20-9-13-24-51(45)64(52,3)4)68(54)43-30-32-47-46-21-11-15-26-55(46)69(59(47)38-43)63-65-53-25-14-10-22-48(53)62(66-63)41-29-28-39-18-7-8-19-40(39)36-41/h5-38H,2H2,1,3-4H3/b17-5-. The Balaban J connectivity index is 1.01. The van der Waals surface area contributed by atoms with Crippen LogP contribution in [-0.2, 0) is 5.41 Å². The highest BCUT2D eigenvalue weighted by Gasteiger charge is 2.35. The van der Waals surface area contributed by atoms with Gasteiger partial charge in [-0.1, -0.05) is 160 Å². The average Bonchev–Trinajstić information content (AvgIpc) is 4.08. The maximum atomic E-state index is 5.48. The molecule has 0 saturated heterocycles. The summed E-state index contributed by atoms with van der Waals surface area (Å²) in [6.45, 7) is 11.3. The fourth-order valence-electron chi connectivity index (χ4n) is 11.9. The molecule has 1 aliphatic rings. The van der Waals surface area contributed by atoms with Crippen molar-refractivity contribution in [3.05, 3.63) is 223 Å². The summed E-state index contributed by atoms with van der Waals surface area (Å²) < 4.78 is 7.12. The summed E-state index contributed by atoms with van der Waals surface area (Å²) in [5.41, 5.74) is 18.0. The van der Waals surface area contributed by atoms with Crippen LogP contribution in [0, 0.1) is 0 Å². The molecule has 0 fully saturated rings. The molecule has 9 aromatic carbocycles. The number of fused-ring (bicyclic) bond motifs is 13. The van der Waals surface area contributed by atoms with E-state index in [0.29, 0.717) is 5.95 Å². The van der Waals surface area contributed by atoms with E-state index in [1.807, 2.05) is 6.08 Å². The lowest BCUT2D eigenvalue weighted by Crippen LogP contribution is -2.14. The molecular weight excluding hydrogens is 839 g/mol. The van der Waals surface area contributed by atoms with Crippen LogP contribution in [0.2, 0.25) is 0 Å². The van der Waals surface area contributed by atoms with E-state index in [4.69, 9.17) is 9.97 Å². The molecule has 4 heterocycles. The topological polar surface area (TPSA) is 40.6 Å². The zero-order valence-corrected chi connectivity index (χ0v) is 38.6. The van der Waals surface area contributed by atoms with Gasteiger partial charge in [0.1, 0.15) is 0 Å². The summed E-state index contributed by atoms with van der Waals surface area (Å²) in [6.07, 6.45) is 6.40. The Labute approximate surface area is 399 Å². The molecule has 0 bridgehead atoms. The molecule has 0 unspecified atom stereocenters. The largest absolute Gasteiger partial charge is 0.309 e. The molecule has 0 aliphatic heterocycles. The molecule has 0 N–H and O–H groups in total. The van der Waals surface area contributed by atoms with Crippen molar-refractivity contribution in [1.29, 1.82) is 0 Å². The molecule has 69 heavy (non-hydrogen) atoms. The van der Waals surface area contributed by atoms with Gasteiger partial charge in [-0.05, 0) is 107 Å².